The molecule has 0 unspecified atom stereocenters. The average molecular weight is 366 g/mol. The first-order valence-electron chi connectivity index (χ1n) is 6.58. The molecular formula is C15H12F6N2O2. The summed E-state index contributed by atoms with van der Waals surface area (Å²) < 4.78 is 68.8. The van der Waals surface area contributed by atoms with Crippen molar-refractivity contribution in [2.45, 2.75) is 18.9 Å². The maximum atomic E-state index is 12.4. The third-order valence-electron chi connectivity index (χ3n) is 2.79. The SMILES string of the molecule is NCc1cccc(-c2ccc(C(F)(F)F)nc2)c1.O=C(O)C(F)(F)F. The van der Waals surface area contributed by atoms with Crippen LogP contribution in [-0.2, 0) is 17.5 Å². The van der Waals surface area contributed by atoms with Gasteiger partial charge in [0.05, 0.1) is 0 Å². The highest BCUT2D eigenvalue weighted by molar-refractivity contribution is 5.73. The Balaban J connectivity index is 0.000000381. The Kier molecular flexibility index (Phi) is 6.51. The molecule has 0 aliphatic heterocycles. The van der Waals surface area contributed by atoms with Gasteiger partial charge >= 0.3 is 18.3 Å². The lowest BCUT2D eigenvalue weighted by Gasteiger charge is -2.07. The van der Waals surface area contributed by atoms with Gasteiger partial charge in [0, 0.05) is 18.3 Å². The number of benzene rings is 1. The predicted octanol–water partition coefficient (Wildman–Crippen LogP) is 3.86. The molecule has 0 aliphatic carbocycles. The molecule has 0 aliphatic rings. The summed E-state index contributed by atoms with van der Waals surface area (Å²) in [5.74, 6) is -2.76. The number of nitrogens with two attached hydrogens (primary N) is 1. The standard InChI is InChI=1S/C13H11F3N2.C2HF3O2/c14-13(15,16)12-5-4-11(8-18-12)10-3-1-2-9(6-10)7-17;3-2(4,5)1(6)7/h1-6,8H,7,17H2;(H,6,7). The molecule has 0 saturated heterocycles. The Morgan fingerprint density at radius 3 is 2.04 bits per heavy atom. The van der Waals surface area contributed by atoms with Crippen molar-refractivity contribution in [3.63, 3.8) is 0 Å². The zero-order valence-electron chi connectivity index (χ0n) is 12.4. The number of carboxylic acid groups (broad SMARTS) is 1. The highest BCUT2D eigenvalue weighted by atomic mass is 19.4. The van der Waals surface area contributed by atoms with Crippen LogP contribution in [0.1, 0.15) is 11.3 Å². The number of hydrogen-bond donors (Lipinski definition) is 2. The first-order valence-corrected chi connectivity index (χ1v) is 6.58. The van der Waals surface area contributed by atoms with Crippen LogP contribution in [0, 0.1) is 0 Å². The Morgan fingerprint density at radius 2 is 1.64 bits per heavy atom. The van der Waals surface area contributed by atoms with E-state index in [0.717, 1.165) is 17.2 Å². The number of aromatic nitrogens is 1. The second-order valence-electron chi connectivity index (χ2n) is 4.64. The number of hydrogen-bond acceptors (Lipinski definition) is 3. The largest absolute Gasteiger partial charge is 0.490 e. The van der Waals surface area contributed by atoms with E-state index < -0.39 is 24.0 Å². The fraction of sp³-hybridized carbons (Fsp3) is 0.200. The second kappa shape index (κ2) is 7.97. The van der Waals surface area contributed by atoms with Crippen LogP contribution in [0.25, 0.3) is 11.1 Å². The molecule has 1 aromatic heterocycles. The molecule has 0 saturated carbocycles. The Bertz CT molecular complexity index is 711. The topological polar surface area (TPSA) is 76.2 Å². The highest BCUT2D eigenvalue weighted by Crippen LogP contribution is 2.29. The number of carboxylic acids is 1. The second-order valence-corrected chi connectivity index (χ2v) is 4.64. The van der Waals surface area contributed by atoms with Gasteiger partial charge in [0.15, 0.2) is 0 Å². The van der Waals surface area contributed by atoms with E-state index in [1.807, 2.05) is 24.3 Å². The van der Waals surface area contributed by atoms with Crippen molar-refractivity contribution in [1.82, 2.24) is 4.98 Å². The van der Waals surface area contributed by atoms with E-state index in [4.69, 9.17) is 15.6 Å². The smallest absolute Gasteiger partial charge is 0.475 e. The molecule has 3 N–H and O–H groups in total. The molecule has 0 atom stereocenters. The molecule has 0 radical (unpaired) electrons. The minimum atomic E-state index is -5.08. The number of aliphatic carboxylic acids is 1. The van der Waals surface area contributed by atoms with Crippen molar-refractivity contribution in [3.8, 4) is 11.1 Å². The lowest BCUT2D eigenvalue weighted by molar-refractivity contribution is -0.192. The monoisotopic (exact) mass is 366 g/mol. The van der Waals surface area contributed by atoms with Crippen LogP contribution in [0.2, 0.25) is 0 Å². The summed E-state index contributed by atoms with van der Waals surface area (Å²) in [6, 6.07) is 9.71. The Labute approximate surface area is 137 Å². The van der Waals surface area contributed by atoms with Gasteiger partial charge in [0.2, 0.25) is 0 Å². The molecular weight excluding hydrogens is 354 g/mol. The minimum Gasteiger partial charge on any atom is -0.475 e. The Hall–Kier alpha value is -2.62. The van der Waals surface area contributed by atoms with Crippen LogP contribution in [0.15, 0.2) is 42.6 Å². The summed E-state index contributed by atoms with van der Waals surface area (Å²) >= 11 is 0. The summed E-state index contributed by atoms with van der Waals surface area (Å²) in [6.07, 6.45) is -8.27. The summed E-state index contributed by atoms with van der Waals surface area (Å²) in [4.78, 5) is 12.3. The zero-order valence-corrected chi connectivity index (χ0v) is 12.4. The van der Waals surface area contributed by atoms with E-state index in [-0.39, 0.29) is 0 Å². The maximum Gasteiger partial charge on any atom is 0.490 e. The fourth-order valence-corrected chi connectivity index (χ4v) is 1.61. The van der Waals surface area contributed by atoms with Crippen molar-refractivity contribution >= 4 is 5.97 Å². The molecule has 1 heterocycles. The average Bonchev–Trinajstić information content (AvgIpc) is 2.54. The van der Waals surface area contributed by atoms with Crippen molar-refractivity contribution in [2.75, 3.05) is 0 Å². The zero-order chi connectivity index (χ0) is 19.3. The van der Waals surface area contributed by atoms with E-state index in [1.54, 1.807) is 0 Å². The third kappa shape index (κ3) is 6.42. The van der Waals surface area contributed by atoms with Crippen molar-refractivity contribution < 1.29 is 36.2 Å². The first kappa shape index (κ1) is 20.4. The molecule has 136 valence electrons. The molecule has 10 heteroatoms. The van der Waals surface area contributed by atoms with Gasteiger partial charge < -0.3 is 10.8 Å². The molecule has 1 aromatic carbocycles. The van der Waals surface area contributed by atoms with E-state index in [0.29, 0.717) is 12.1 Å². The summed E-state index contributed by atoms with van der Waals surface area (Å²) in [5.41, 5.74) is 6.99. The van der Waals surface area contributed by atoms with Gasteiger partial charge in [0.25, 0.3) is 0 Å². The van der Waals surface area contributed by atoms with Gasteiger partial charge in [-0.3, -0.25) is 4.98 Å². The lowest BCUT2D eigenvalue weighted by Crippen LogP contribution is -2.21. The molecule has 25 heavy (non-hydrogen) atoms. The molecule has 0 bridgehead atoms. The van der Waals surface area contributed by atoms with E-state index in [9.17, 15) is 26.3 Å². The molecule has 2 rings (SSSR count). The van der Waals surface area contributed by atoms with Gasteiger partial charge in [0.1, 0.15) is 5.69 Å². The third-order valence-corrected chi connectivity index (χ3v) is 2.79. The summed E-state index contributed by atoms with van der Waals surface area (Å²) in [5, 5.41) is 7.12. The predicted molar refractivity (Wildman–Crippen MR) is 76.3 cm³/mol. The van der Waals surface area contributed by atoms with E-state index in [1.165, 1.54) is 12.3 Å². The number of pyridine rings is 1. The van der Waals surface area contributed by atoms with Crippen LogP contribution in [-0.4, -0.2) is 22.2 Å². The molecule has 2 aromatic rings. The lowest BCUT2D eigenvalue weighted by atomic mass is 10.0. The quantitative estimate of drug-likeness (QED) is 0.792. The number of rotatable bonds is 2. The van der Waals surface area contributed by atoms with Crippen LogP contribution < -0.4 is 5.73 Å². The number of halogens is 6. The minimum absolute atomic E-state index is 0.391. The van der Waals surface area contributed by atoms with Gasteiger partial charge in [-0.1, -0.05) is 24.3 Å². The van der Waals surface area contributed by atoms with Crippen LogP contribution in [0.5, 0.6) is 0 Å². The summed E-state index contributed by atoms with van der Waals surface area (Å²) in [7, 11) is 0. The maximum absolute atomic E-state index is 12.4. The molecule has 4 nitrogen and oxygen atoms in total. The number of alkyl halides is 6. The van der Waals surface area contributed by atoms with Crippen LogP contribution in [0.3, 0.4) is 0 Å². The number of carbonyl (C=O) groups is 1. The normalized spacial score (nSPS) is 11.5. The number of nitrogens with zero attached hydrogens (tertiary/aromatic N) is 1. The molecule has 0 spiro atoms. The van der Waals surface area contributed by atoms with Crippen LogP contribution in [0.4, 0.5) is 26.3 Å². The van der Waals surface area contributed by atoms with Crippen molar-refractivity contribution in [1.29, 1.82) is 0 Å². The van der Waals surface area contributed by atoms with Gasteiger partial charge in [-0.25, -0.2) is 4.79 Å². The molecule has 0 fully saturated rings. The fourth-order valence-electron chi connectivity index (χ4n) is 1.61. The first-order chi connectivity index (χ1) is 11.4. The van der Waals surface area contributed by atoms with Crippen molar-refractivity contribution in [3.05, 3.63) is 53.9 Å². The highest BCUT2D eigenvalue weighted by Gasteiger charge is 2.38. The molecule has 0 amide bonds. The van der Waals surface area contributed by atoms with Gasteiger partial charge in [-0.2, -0.15) is 26.3 Å². The van der Waals surface area contributed by atoms with Crippen LogP contribution >= 0.6 is 0 Å². The van der Waals surface area contributed by atoms with Crippen molar-refractivity contribution in [2.24, 2.45) is 5.73 Å². The van der Waals surface area contributed by atoms with Gasteiger partial charge in [-0.05, 0) is 23.3 Å². The van der Waals surface area contributed by atoms with E-state index >= 15 is 0 Å². The van der Waals surface area contributed by atoms with Gasteiger partial charge in [-0.15, -0.1) is 0 Å². The van der Waals surface area contributed by atoms with E-state index in [2.05, 4.69) is 4.98 Å². The Morgan fingerprint density at radius 1 is 1.04 bits per heavy atom. The summed E-state index contributed by atoms with van der Waals surface area (Å²) in [6.45, 7) is 0.391.